The van der Waals surface area contributed by atoms with Gasteiger partial charge in [0.05, 0.1) is 11.3 Å². The summed E-state index contributed by atoms with van der Waals surface area (Å²) in [7, 11) is 0. The van der Waals surface area contributed by atoms with Crippen LogP contribution in [0.3, 0.4) is 0 Å². The molecule has 2 amide bonds. The number of anilines is 1. The molecule has 0 fully saturated rings. The Bertz CT molecular complexity index is 1410. The highest BCUT2D eigenvalue weighted by atomic mass is 32.1. The molecule has 0 aliphatic carbocycles. The van der Waals surface area contributed by atoms with Gasteiger partial charge in [0.25, 0.3) is 11.5 Å². The number of rotatable bonds is 3. The third kappa shape index (κ3) is 2.61. The third-order valence-corrected chi connectivity index (χ3v) is 5.57. The smallest absolute Gasteiger partial charge is 0.291 e. The van der Waals surface area contributed by atoms with Crippen LogP contribution in [0.25, 0.3) is 21.9 Å². The third-order valence-electron chi connectivity index (χ3n) is 4.54. The van der Waals surface area contributed by atoms with Crippen LogP contribution in [-0.2, 0) is 9.59 Å². The number of pyridine rings is 1. The minimum Gasteiger partial charge on any atom is -0.368 e. The molecule has 0 atom stereocenters. The number of benzene rings is 1. The highest BCUT2D eigenvalue weighted by molar-refractivity contribution is 7.15. The number of primary amides is 1. The van der Waals surface area contributed by atoms with Crippen LogP contribution in [0.4, 0.5) is 5.69 Å². The molecule has 4 heterocycles. The Morgan fingerprint density at radius 1 is 1.14 bits per heavy atom. The van der Waals surface area contributed by atoms with E-state index in [-0.39, 0.29) is 16.7 Å². The van der Waals surface area contributed by atoms with Gasteiger partial charge in [0.1, 0.15) is 11.1 Å². The average molecular weight is 404 g/mol. The maximum Gasteiger partial charge on any atom is 0.291 e. The topological polar surface area (TPSA) is 124 Å². The fourth-order valence-electron chi connectivity index (χ4n) is 3.31. The van der Waals surface area contributed by atoms with E-state index >= 15 is 0 Å². The van der Waals surface area contributed by atoms with Crippen molar-refractivity contribution in [2.75, 3.05) is 11.4 Å². The molecule has 10 heteroatoms. The summed E-state index contributed by atoms with van der Waals surface area (Å²) in [5, 5.41) is 4.27. The van der Waals surface area contributed by atoms with E-state index in [4.69, 9.17) is 5.73 Å². The molecule has 2 N–H and O–H groups in total. The molecule has 4 aromatic rings. The Balaban J connectivity index is 1.73. The Hall–Kier alpha value is -3.92. The number of thiazole rings is 1. The Morgan fingerprint density at radius 3 is 2.69 bits per heavy atom. The summed E-state index contributed by atoms with van der Waals surface area (Å²) >= 11 is 1.08. The van der Waals surface area contributed by atoms with Crippen molar-refractivity contribution in [1.29, 1.82) is 0 Å². The van der Waals surface area contributed by atoms with Gasteiger partial charge in [0.2, 0.25) is 10.9 Å². The fraction of sp³-hybridized carbons (Fsp3) is 0.0526. The number of aromatic nitrogens is 4. The van der Waals surface area contributed by atoms with Gasteiger partial charge < -0.3 is 5.73 Å². The van der Waals surface area contributed by atoms with E-state index in [0.29, 0.717) is 27.6 Å². The van der Waals surface area contributed by atoms with Crippen LogP contribution in [0.2, 0.25) is 0 Å². The summed E-state index contributed by atoms with van der Waals surface area (Å²) in [6, 6.07) is 10.5. The number of hydrogen-bond acceptors (Lipinski definition) is 7. The Labute approximate surface area is 166 Å². The Kier molecular flexibility index (Phi) is 3.74. The lowest BCUT2D eigenvalue weighted by Gasteiger charge is -2.14. The van der Waals surface area contributed by atoms with Crippen LogP contribution in [0, 0.1) is 0 Å². The first-order valence-electron chi connectivity index (χ1n) is 8.58. The highest BCUT2D eigenvalue weighted by Crippen LogP contribution is 2.34. The molecule has 0 bridgehead atoms. The van der Waals surface area contributed by atoms with Crippen molar-refractivity contribution in [3.8, 4) is 11.4 Å². The van der Waals surface area contributed by atoms with Gasteiger partial charge in [0, 0.05) is 23.5 Å². The summed E-state index contributed by atoms with van der Waals surface area (Å²) in [5.74, 6) is -0.703. The number of nitrogens with two attached hydrogens (primary N) is 1. The summed E-state index contributed by atoms with van der Waals surface area (Å²) in [6.07, 6.45) is 3.24. The predicted octanol–water partition coefficient (Wildman–Crippen LogP) is -0.0372. The van der Waals surface area contributed by atoms with Crippen molar-refractivity contribution in [2.45, 2.75) is 0 Å². The van der Waals surface area contributed by atoms with Crippen LogP contribution in [-0.4, -0.2) is 37.9 Å². The zero-order valence-electron chi connectivity index (χ0n) is 14.8. The highest BCUT2D eigenvalue weighted by Gasteiger charge is 2.35. The van der Waals surface area contributed by atoms with Crippen LogP contribution in [0.15, 0.2) is 53.6 Å². The van der Waals surface area contributed by atoms with Crippen LogP contribution < -0.4 is 20.7 Å². The average Bonchev–Trinajstić information content (AvgIpc) is 3.35. The second kappa shape index (κ2) is 6.31. The van der Waals surface area contributed by atoms with E-state index < -0.39 is 17.4 Å². The second-order valence-corrected chi connectivity index (χ2v) is 7.34. The number of hydrogen-bond donors (Lipinski definition) is 1. The molecule has 142 valence electrons. The predicted molar refractivity (Wildman–Crippen MR) is 106 cm³/mol. The molecular weight excluding hydrogens is 392 g/mol. The van der Waals surface area contributed by atoms with E-state index in [0.717, 1.165) is 11.3 Å². The molecule has 29 heavy (non-hydrogen) atoms. The van der Waals surface area contributed by atoms with Gasteiger partial charge >= 0.3 is 0 Å². The number of carbonyl (C=O) groups is 2. The quantitative estimate of drug-likeness (QED) is 0.511. The standard InChI is InChI=1S/C19H12N6O3S/c20-13(26)9-24-12-6-2-1-5-11(12)14(17(24)27)15-18(28)25-19(29-15)22-16(23-25)10-4-3-7-21-8-10/h1-8H,9H2,(H2,20,26). The lowest BCUT2D eigenvalue weighted by Crippen LogP contribution is -2.37. The maximum absolute atomic E-state index is 13.0. The van der Waals surface area contributed by atoms with Gasteiger partial charge in [-0.25, -0.2) is 0 Å². The molecule has 1 aliphatic rings. The van der Waals surface area contributed by atoms with Gasteiger partial charge in [-0.15, -0.1) is 5.10 Å². The molecule has 1 aromatic carbocycles. The van der Waals surface area contributed by atoms with E-state index in [2.05, 4.69) is 15.1 Å². The van der Waals surface area contributed by atoms with E-state index in [9.17, 15) is 14.4 Å². The Morgan fingerprint density at radius 2 is 1.97 bits per heavy atom. The first kappa shape index (κ1) is 17.2. The largest absolute Gasteiger partial charge is 0.368 e. The number of nitrogens with zero attached hydrogens (tertiary/aromatic N) is 5. The zero-order valence-corrected chi connectivity index (χ0v) is 15.6. The molecule has 0 spiro atoms. The lowest BCUT2D eigenvalue weighted by atomic mass is 10.1. The summed E-state index contributed by atoms with van der Waals surface area (Å²) < 4.78 is 1.41. The van der Waals surface area contributed by atoms with Crippen molar-refractivity contribution in [2.24, 2.45) is 5.73 Å². The van der Waals surface area contributed by atoms with Gasteiger partial charge in [-0.3, -0.25) is 24.3 Å². The number of carbonyl (C=O) groups excluding carboxylic acids is 2. The molecule has 0 radical (unpaired) electrons. The van der Waals surface area contributed by atoms with E-state index in [1.807, 2.05) is 0 Å². The lowest BCUT2D eigenvalue weighted by molar-refractivity contribution is -0.119. The van der Waals surface area contributed by atoms with Gasteiger partial charge in [-0.1, -0.05) is 29.5 Å². The van der Waals surface area contributed by atoms with Gasteiger partial charge in [-0.05, 0) is 18.2 Å². The number of para-hydroxylation sites is 1. The number of amides is 2. The molecular formula is C19H12N6O3S. The first-order valence-corrected chi connectivity index (χ1v) is 9.40. The normalized spacial score (nSPS) is 15.2. The molecule has 3 aromatic heterocycles. The van der Waals surface area contributed by atoms with Crippen LogP contribution in [0.1, 0.15) is 5.56 Å². The van der Waals surface area contributed by atoms with Crippen molar-refractivity contribution >= 4 is 39.4 Å². The minimum atomic E-state index is -0.638. The SMILES string of the molecule is NC(=O)CN1C(=O)C(=c2sc3nc(-c4cccnc4)nn3c2=O)c2ccccc21. The van der Waals surface area contributed by atoms with Gasteiger partial charge in [-0.2, -0.15) is 9.50 Å². The molecule has 9 nitrogen and oxygen atoms in total. The first-order chi connectivity index (χ1) is 14.0. The minimum absolute atomic E-state index is 0.224. The van der Waals surface area contributed by atoms with E-state index in [1.54, 1.807) is 48.8 Å². The number of fused-ring (bicyclic) bond motifs is 2. The van der Waals surface area contributed by atoms with Crippen molar-refractivity contribution in [1.82, 2.24) is 19.6 Å². The van der Waals surface area contributed by atoms with Crippen molar-refractivity contribution in [3.05, 3.63) is 69.2 Å². The van der Waals surface area contributed by atoms with Crippen molar-refractivity contribution < 1.29 is 9.59 Å². The maximum atomic E-state index is 13.0. The monoisotopic (exact) mass is 404 g/mol. The summed E-state index contributed by atoms with van der Waals surface area (Å²) in [5.41, 5.74) is 6.89. The summed E-state index contributed by atoms with van der Waals surface area (Å²) in [6.45, 7) is -0.264. The van der Waals surface area contributed by atoms with Crippen LogP contribution >= 0.6 is 11.3 Å². The zero-order chi connectivity index (χ0) is 20.1. The molecule has 5 rings (SSSR count). The van der Waals surface area contributed by atoms with Crippen molar-refractivity contribution in [3.63, 3.8) is 0 Å². The molecule has 0 saturated heterocycles. The summed E-state index contributed by atoms with van der Waals surface area (Å²) in [4.78, 5) is 47.6. The molecule has 0 unspecified atom stereocenters. The van der Waals surface area contributed by atoms with Crippen LogP contribution in [0.5, 0.6) is 0 Å². The fourth-order valence-corrected chi connectivity index (χ4v) is 4.31. The van der Waals surface area contributed by atoms with E-state index in [1.165, 1.54) is 9.42 Å². The van der Waals surface area contributed by atoms with Gasteiger partial charge in [0.15, 0.2) is 5.82 Å². The second-order valence-electron chi connectivity index (χ2n) is 6.36. The molecule has 0 saturated carbocycles. The molecule has 1 aliphatic heterocycles.